The third-order valence-electron chi connectivity index (χ3n) is 6.39. The van der Waals surface area contributed by atoms with Gasteiger partial charge in [0.25, 0.3) is 0 Å². The number of hydrogen-bond donors (Lipinski definition) is 2. The standard InChI is InChI=1S/C26H30N2O5S/c1-18-14-20(25-4-2-3-5-26(25)27-18)16-33-23-10-12-24(13-11-23)34(31,32)17-21(28-30)15-19-6-8-22(29)9-7-19/h2-5,10-14,19,21,28,30H,6-9,15-17H2,1H3. The number of ether oxygens (including phenoxy) is 1. The van der Waals surface area contributed by atoms with E-state index in [4.69, 9.17) is 4.74 Å². The lowest BCUT2D eigenvalue weighted by Crippen LogP contribution is -2.36. The molecule has 180 valence electrons. The molecule has 2 aromatic carbocycles. The number of ketones is 1. The predicted octanol–water partition coefficient (Wildman–Crippen LogP) is 4.39. The van der Waals surface area contributed by atoms with Crippen LogP contribution in [0.1, 0.15) is 43.4 Å². The maximum absolute atomic E-state index is 12.9. The smallest absolute Gasteiger partial charge is 0.179 e. The molecule has 0 amide bonds. The van der Waals surface area contributed by atoms with Crippen LogP contribution in [0, 0.1) is 12.8 Å². The number of hydroxylamine groups is 1. The molecule has 0 bridgehead atoms. The zero-order valence-electron chi connectivity index (χ0n) is 19.2. The van der Waals surface area contributed by atoms with E-state index in [9.17, 15) is 18.4 Å². The molecule has 1 aliphatic rings. The number of sulfone groups is 1. The number of carbonyl (C=O) groups excluding carboxylic acids is 1. The van der Waals surface area contributed by atoms with Crippen molar-refractivity contribution in [3.05, 3.63) is 65.9 Å². The average Bonchev–Trinajstić information content (AvgIpc) is 2.83. The molecular formula is C26H30N2O5S. The van der Waals surface area contributed by atoms with Gasteiger partial charge in [0.1, 0.15) is 18.1 Å². The zero-order chi connectivity index (χ0) is 24.1. The lowest BCUT2D eigenvalue weighted by Gasteiger charge is -2.25. The van der Waals surface area contributed by atoms with Crippen molar-refractivity contribution in [3.63, 3.8) is 0 Å². The van der Waals surface area contributed by atoms with Crippen molar-refractivity contribution in [2.75, 3.05) is 5.75 Å². The highest BCUT2D eigenvalue weighted by Crippen LogP contribution is 2.27. The molecule has 1 atom stereocenters. The Labute approximate surface area is 200 Å². The Morgan fingerprint density at radius 2 is 1.82 bits per heavy atom. The van der Waals surface area contributed by atoms with E-state index < -0.39 is 15.9 Å². The number of Topliss-reactive ketones (excluding diaryl/α,β-unsaturated/α-hetero) is 1. The molecule has 0 aliphatic heterocycles. The molecule has 8 heteroatoms. The minimum absolute atomic E-state index is 0.184. The molecule has 1 saturated carbocycles. The Morgan fingerprint density at radius 3 is 2.53 bits per heavy atom. The Hall–Kier alpha value is -2.81. The van der Waals surface area contributed by atoms with Gasteiger partial charge in [-0.25, -0.2) is 13.9 Å². The molecule has 0 saturated heterocycles. The van der Waals surface area contributed by atoms with E-state index in [-0.39, 0.29) is 22.3 Å². The fourth-order valence-corrected chi connectivity index (χ4v) is 6.06. The first kappa shape index (κ1) is 24.3. The molecule has 2 N–H and O–H groups in total. The second-order valence-electron chi connectivity index (χ2n) is 9.03. The molecular weight excluding hydrogens is 452 g/mol. The van der Waals surface area contributed by atoms with Gasteiger partial charge in [-0.3, -0.25) is 9.78 Å². The third kappa shape index (κ3) is 6.00. The van der Waals surface area contributed by atoms with Gasteiger partial charge in [0.2, 0.25) is 0 Å². The van der Waals surface area contributed by atoms with E-state index in [1.165, 1.54) is 12.1 Å². The van der Waals surface area contributed by atoms with E-state index in [1.54, 1.807) is 12.1 Å². The lowest BCUT2D eigenvalue weighted by atomic mass is 9.84. The fourth-order valence-electron chi connectivity index (χ4n) is 4.58. The van der Waals surface area contributed by atoms with Crippen LogP contribution in [0.5, 0.6) is 5.75 Å². The van der Waals surface area contributed by atoms with Gasteiger partial charge in [-0.15, -0.1) is 0 Å². The zero-order valence-corrected chi connectivity index (χ0v) is 20.1. The summed E-state index contributed by atoms with van der Waals surface area (Å²) in [5.74, 6) is 0.852. The van der Waals surface area contributed by atoms with Crippen molar-refractivity contribution >= 4 is 26.5 Å². The molecule has 1 unspecified atom stereocenters. The van der Waals surface area contributed by atoms with Crippen molar-refractivity contribution in [3.8, 4) is 5.75 Å². The van der Waals surface area contributed by atoms with E-state index in [2.05, 4.69) is 10.5 Å². The van der Waals surface area contributed by atoms with Gasteiger partial charge in [0.15, 0.2) is 9.84 Å². The van der Waals surface area contributed by atoms with Crippen molar-refractivity contribution in [1.29, 1.82) is 0 Å². The summed E-state index contributed by atoms with van der Waals surface area (Å²) >= 11 is 0. The summed E-state index contributed by atoms with van der Waals surface area (Å²) in [7, 11) is -3.60. The Bertz CT molecular complexity index is 1250. The van der Waals surface area contributed by atoms with Crippen LogP contribution in [0.2, 0.25) is 0 Å². The summed E-state index contributed by atoms with van der Waals surface area (Å²) < 4.78 is 31.8. The number of nitrogens with one attached hydrogen (secondary N) is 1. The van der Waals surface area contributed by atoms with E-state index in [0.29, 0.717) is 31.6 Å². The van der Waals surface area contributed by atoms with E-state index >= 15 is 0 Å². The summed E-state index contributed by atoms with van der Waals surface area (Å²) in [5, 5.41) is 10.6. The quantitative estimate of drug-likeness (QED) is 0.436. The average molecular weight is 483 g/mol. The number of para-hydroxylation sites is 1. The lowest BCUT2D eigenvalue weighted by molar-refractivity contribution is -0.121. The second kappa shape index (κ2) is 10.6. The largest absolute Gasteiger partial charge is 0.489 e. The van der Waals surface area contributed by atoms with Crippen LogP contribution in [-0.4, -0.2) is 36.2 Å². The van der Waals surface area contributed by atoms with Gasteiger partial charge < -0.3 is 9.94 Å². The molecule has 7 nitrogen and oxygen atoms in total. The first-order valence-corrected chi connectivity index (χ1v) is 13.2. The van der Waals surface area contributed by atoms with Gasteiger partial charge in [0.05, 0.1) is 16.2 Å². The summed E-state index contributed by atoms with van der Waals surface area (Å²) in [4.78, 5) is 16.2. The number of fused-ring (bicyclic) bond motifs is 1. The van der Waals surface area contributed by atoms with Crippen LogP contribution in [0.4, 0.5) is 0 Å². The van der Waals surface area contributed by atoms with Crippen molar-refractivity contribution < 1.29 is 23.2 Å². The van der Waals surface area contributed by atoms with Crippen LogP contribution >= 0.6 is 0 Å². The predicted molar refractivity (Wildman–Crippen MR) is 130 cm³/mol. The number of hydrogen-bond acceptors (Lipinski definition) is 7. The maximum Gasteiger partial charge on any atom is 0.179 e. The highest BCUT2D eigenvalue weighted by molar-refractivity contribution is 7.91. The topological polar surface area (TPSA) is 106 Å². The van der Waals surface area contributed by atoms with Gasteiger partial charge in [-0.2, -0.15) is 0 Å². The Kier molecular flexibility index (Phi) is 7.60. The number of benzene rings is 2. The summed E-state index contributed by atoms with van der Waals surface area (Å²) in [6.45, 7) is 2.29. The molecule has 0 radical (unpaired) electrons. The highest BCUT2D eigenvalue weighted by Gasteiger charge is 2.26. The first-order valence-electron chi connectivity index (χ1n) is 11.6. The van der Waals surface area contributed by atoms with Crippen LogP contribution in [0.25, 0.3) is 10.9 Å². The van der Waals surface area contributed by atoms with Crippen LogP contribution < -0.4 is 10.2 Å². The number of aromatic nitrogens is 1. The minimum Gasteiger partial charge on any atom is -0.489 e. The molecule has 1 fully saturated rings. The van der Waals surface area contributed by atoms with Crippen molar-refractivity contribution in [2.24, 2.45) is 5.92 Å². The SMILES string of the molecule is Cc1cc(COc2ccc(S(=O)(=O)CC(CC3CCC(=O)CC3)NO)cc2)c2ccccc2n1. The molecule has 1 heterocycles. The summed E-state index contributed by atoms with van der Waals surface area (Å²) in [6.07, 6.45) is 3.08. The number of pyridine rings is 1. The molecule has 3 aromatic rings. The fraction of sp³-hybridized carbons (Fsp3) is 0.385. The van der Waals surface area contributed by atoms with Crippen LogP contribution in [-0.2, 0) is 21.2 Å². The van der Waals surface area contributed by atoms with Gasteiger partial charge in [-0.1, -0.05) is 18.2 Å². The second-order valence-corrected chi connectivity index (χ2v) is 11.1. The number of carbonyl (C=O) groups is 1. The third-order valence-corrected chi connectivity index (χ3v) is 8.22. The Morgan fingerprint density at radius 1 is 1.12 bits per heavy atom. The molecule has 1 aromatic heterocycles. The monoisotopic (exact) mass is 482 g/mol. The molecule has 1 aliphatic carbocycles. The first-order chi connectivity index (χ1) is 16.3. The van der Waals surface area contributed by atoms with Gasteiger partial charge >= 0.3 is 0 Å². The van der Waals surface area contributed by atoms with Gasteiger partial charge in [0, 0.05) is 35.5 Å². The minimum atomic E-state index is -3.60. The van der Waals surface area contributed by atoms with Crippen molar-refractivity contribution in [2.45, 2.75) is 56.6 Å². The summed E-state index contributed by atoms with van der Waals surface area (Å²) in [6, 6.07) is 15.7. The number of aryl methyl sites for hydroxylation is 1. The number of rotatable bonds is 9. The Balaban J connectivity index is 1.39. The maximum atomic E-state index is 12.9. The highest BCUT2D eigenvalue weighted by atomic mass is 32.2. The molecule has 0 spiro atoms. The van der Waals surface area contributed by atoms with Crippen LogP contribution in [0.15, 0.2) is 59.5 Å². The van der Waals surface area contributed by atoms with Gasteiger partial charge in [-0.05, 0) is 68.5 Å². The summed E-state index contributed by atoms with van der Waals surface area (Å²) in [5.41, 5.74) is 5.00. The van der Waals surface area contributed by atoms with E-state index in [1.807, 2.05) is 37.3 Å². The normalized spacial score (nSPS) is 16.0. The van der Waals surface area contributed by atoms with Crippen LogP contribution in [0.3, 0.4) is 0 Å². The number of nitrogens with zero attached hydrogens (tertiary/aromatic N) is 1. The van der Waals surface area contributed by atoms with E-state index in [0.717, 1.165) is 35.0 Å². The molecule has 34 heavy (non-hydrogen) atoms. The van der Waals surface area contributed by atoms with Crippen molar-refractivity contribution in [1.82, 2.24) is 10.5 Å². The molecule has 4 rings (SSSR count).